The Balaban J connectivity index is 1.94. The van der Waals surface area contributed by atoms with Crippen LogP contribution in [-0.2, 0) is 6.54 Å². The first-order valence-corrected chi connectivity index (χ1v) is 7.11. The molecule has 0 radical (unpaired) electrons. The fraction of sp³-hybridized carbons (Fsp3) is 0.353. The zero-order valence-corrected chi connectivity index (χ0v) is 12.3. The Kier molecular flexibility index (Phi) is 3.13. The van der Waals surface area contributed by atoms with Crippen molar-refractivity contribution in [1.82, 2.24) is 9.47 Å². The molecule has 0 spiro atoms. The van der Waals surface area contributed by atoms with Crippen LogP contribution < -0.4 is 0 Å². The van der Waals surface area contributed by atoms with Crippen LogP contribution in [0.3, 0.4) is 0 Å². The van der Waals surface area contributed by atoms with Crippen molar-refractivity contribution in [3.8, 4) is 0 Å². The predicted molar refractivity (Wildman–Crippen MR) is 79.8 cm³/mol. The molecule has 20 heavy (non-hydrogen) atoms. The van der Waals surface area contributed by atoms with E-state index in [-0.39, 0.29) is 11.9 Å². The molecule has 0 unspecified atom stereocenters. The molecule has 0 saturated carbocycles. The topological polar surface area (TPSA) is 25.2 Å². The minimum atomic E-state index is 0.131. The number of fused-ring (bicyclic) bond motifs is 1. The van der Waals surface area contributed by atoms with Gasteiger partial charge < -0.3 is 9.47 Å². The molecule has 3 heteroatoms. The number of hydrogen-bond donors (Lipinski definition) is 0. The standard InChI is InChI=1S/C17H20N2O/c1-12-6-7-13(2)15(11-12)17(20)19-10-9-18-8-4-5-16(18)14(19)3/h4-8,11,14H,9-10H2,1-3H3/t14-/m1/s1. The van der Waals surface area contributed by atoms with Crippen LogP contribution in [0.2, 0.25) is 0 Å². The third kappa shape index (κ3) is 2.03. The van der Waals surface area contributed by atoms with Crippen LogP contribution in [0.1, 0.15) is 40.1 Å². The highest BCUT2D eigenvalue weighted by atomic mass is 16.2. The van der Waals surface area contributed by atoms with E-state index in [0.29, 0.717) is 0 Å². The number of rotatable bonds is 1. The number of hydrogen-bond acceptors (Lipinski definition) is 1. The predicted octanol–water partition coefficient (Wildman–Crippen LogP) is 3.32. The molecule has 2 heterocycles. The zero-order valence-electron chi connectivity index (χ0n) is 12.3. The Labute approximate surface area is 119 Å². The average Bonchev–Trinajstić information content (AvgIpc) is 2.90. The van der Waals surface area contributed by atoms with E-state index in [1.807, 2.05) is 30.9 Å². The minimum absolute atomic E-state index is 0.131. The van der Waals surface area contributed by atoms with E-state index < -0.39 is 0 Å². The summed E-state index contributed by atoms with van der Waals surface area (Å²) >= 11 is 0. The maximum atomic E-state index is 12.8. The molecule has 1 aliphatic heterocycles. The van der Waals surface area contributed by atoms with Gasteiger partial charge in [-0.25, -0.2) is 0 Å². The molecule has 3 rings (SSSR count). The lowest BCUT2D eigenvalue weighted by atomic mass is 10.0. The first-order valence-electron chi connectivity index (χ1n) is 7.11. The van der Waals surface area contributed by atoms with Crippen molar-refractivity contribution in [2.75, 3.05) is 6.54 Å². The minimum Gasteiger partial charge on any atom is -0.348 e. The normalized spacial score (nSPS) is 17.9. The number of benzene rings is 1. The summed E-state index contributed by atoms with van der Waals surface area (Å²) in [6.45, 7) is 7.79. The second-order valence-electron chi connectivity index (χ2n) is 5.62. The largest absolute Gasteiger partial charge is 0.348 e. The lowest BCUT2D eigenvalue weighted by Crippen LogP contribution is -2.41. The smallest absolute Gasteiger partial charge is 0.254 e. The second-order valence-corrected chi connectivity index (χ2v) is 5.62. The van der Waals surface area contributed by atoms with Crippen LogP contribution in [-0.4, -0.2) is 21.9 Å². The van der Waals surface area contributed by atoms with Gasteiger partial charge in [-0.3, -0.25) is 4.79 Å². The second kappa shape index (κ2) is 4.82. The summed E-state index contributed by atoms with van der Waals surface area (Å²) in [6.07, 6.45) is 2.09. The quantitative estimate of drug-likeness (QED) is 0.779. The molecule has 0 saturated heterocycles. The highest BCUT2D eigenvalue weighted by molar-refractivity contribution is 5.96. The summed E-state index contributed by atoms with van der Waals surface area (Å²) in [7, 11) is 0. The molecule has 0 bridgehead atoms. The molecule has 0 N–H and O–H groups in total. The first-order chi connectivity index (χ1) is 9.58. The average molecular weight is 268 g/mol. The van der Waals surface area contributed by atoms with Crippen molar-refractivity contribution >= 4 is 5.91 Å². The molecule has 0 aliphatic carbocycles. The SMILES string of the molecule is Cc1ccc(C)c(C(=O)N2CCn3cccc3[C@H]2C)c1. The van der Waals surface area contributed by atoms with Crippen molar-refractivity contribution in [3.05, 3.63) is 58.9 Å². The Bertz CT molecular complexity index is 657. The molecular weight excluding hydrogens is 248 g/mol. The van der Waals surface area contributed by atoms with E-state index in [2.05, 4.69) is 35.9 Å². The molecule has 1 aromatic heterocycles. The van der Waals surface area contributed by atoms with E-state index in [1.165, 1.54) is 5.69 Å². The molecule has 0 fully saturated rings. The summed E-state index contributed by atoms with van der Waals surface area (Å²) < 4.78 is 2.23. The van der Waals surface area contributed by atoms with Gasteiger partial charge in [-0.1, -0.05) is 17.7 Å². The van der Waals surface area contributed by atoms with Crippen LogP contribution in [0.4, 0.5) is 0 Å². The van der Waals surface area contributed by atoms with Crippen molar-refractivity contribution in [1.29, 1.82) is 0 Å². The molecule has 2 aromatic rings. The molecule has 104 valence electrons. The highest BCUT2D eigenvalue weighted by Gasteiger charge is 2.28. The highest BCUT2D eigenvalue weighted by Crippen LogP contribution is 2.27. The summed E-state index contributed by atoms with van der Waals surface area (Å²) in [5, 5.41) is 0. The molecule has 3 nitrogen and oxygen atoms in total. The van der Waals surface area contributed by atoms with Crippen molar-refractivity contribution in [2.45, 2.75) is 33.4 Å². The van der Waals surface area contributed by atoms with Crippen molar-refractivity contribution in [3.63, 3.8) is 0 Å². The Morgan fingerprint density at radius 1 is 1.20 bits per heavy atom. The maximum Gasteiger partial charge on any atom is 0.254 e. The summed E-state index contributed by atoms with van der Waals surface area (Å²) in [5.41, 5.74) is 4.23. The van der Waals surface area contributed by atoms with E-state index >= 15 is 0 Å². The van der Waals surface area contributed by atoms with Crippen LogP contribution >= 0.6 is 0 Å². The van der Waals surface area contributed by atoms with Crippen LogP contribution in [0.15, 0.2) is 36.5 Å². The van der Waals surface area contributed by atoms with Gasteiger partial charge in [0.05, 0.1) is 6.04 Å². The molecule has 1 aliphatic rings. The van der Waals surface area contributed by atoms with Crippen LogP contribution in [0.5, 0.6) is 0 Å². The van der Waals surface area contributed by atoms with Gasteiger partial charge in [0.1, 0.15) is 0 Å². The number of nitrogens with zero attached hydrogens (tertiary/aromatic N) is 2. The molecule has 1 aromatic carbocycles. The zero-order chi connectivity index (χ0) is 14.3. The van der Waals surface area contributed by atoms with Crippen LogP contribution in [0, 0.1) is 13.8 Å². The Morgan fingerprint density at radius 2 is 2.00 bits per heavy atom. The van der Waals surface area contributed by atoms with E-state index in [0.717, 1.165) is 29.8 Å². The molecule has 1 amide bonds. The monoisotopic (exact) mass is 268 g/mol. The number of carbonyl (C=O) groups excluding carboxylic acids is 1. The maximum absolute atomic E-state index is 12.8. The third-order valence-corrected chi connectivity index (χ3v) is 4.23. The third-order valence-electron chi connectivity index (χ3n) is 4.23. The number of aromatic nitrogens is 1. The fourth-order valence-corrected chi connectivity index (χ4v) is 2.98. The Morgan fingerprint density at radius 3 is 2.80 bits per heavy atom. The van der Waals surface area contributed by atoms with Gasteiger partial charge in [-0.05, 0) is 44.5 Å². The van der Waals surface area contributed by atoms with Gasteiger partial charge in [0.25, 0.3) is 5.91 Å². The van der Waals surface area contributed by atoms with Crippen molar-refractivity contribution < 1.29 is 4.79 Å². The lowest BCUT2D eigenvalue weighted by molar-refractivity contribution is 0.0643. The van der Waals surface area contributed by atoms with Crippen molar-refractivity contribution in [2.24, 2.45) is 0 Å². The number of carbonyl (C=O) groups is 1. The lowest BCUT2D eigenvalue weighted by Gasteiger charge is -2.35. The molecular formula is C17H20N2O. The molecule has 1 atom stereocenters. The summed E-state index contributed by atoms with van der Waals surface area (Å²) in [4.78, 5) is 14.8. The Hall–Kier alpha value is -2.03. The van der Waals surface area contributed by atoms with E-state index in [1.54, 1.807) is 0 Å². The van der Waals surface area contributed by atoms with Gasteiger partial charge in [0.2, 0.25) is 0 Å². The van der Waals surface area contributed by atoms with Gasteiger partial charge in [-0.15, -0.1) is 0 Å². The number of amides is 1. The van der Waals surface area contributed by atoms with E-state index in [4.69, 9.17) is 0 Å². The van der Waals surface area contributed by atoms with Gasteiger partial charge in [0, 0.05) is 30.5 Å². The summed E-state index contributed by atoms with van der Waals surface area (Å²) in [5.74, 6) is 0.145. The van der Waals surface area contributed by atoms with Crippen LogP contribution in [0.25, 0.3) is 0 Å². The van der Waals surface area contributed by atoms with Gasteiger partial charge >= 0.3 is 0 Å². The summed E-state index contributed by atoms with van der Waals surface area (Å²) in [6, 6.07) is 10.4. The van der Waals surface area contributed by atoms with Gasteiger partial charge in [-0.2, -0.15) is 0 Å². The van der Waals surface area contributed by atoms with Gasteiger partial charge in [0.15, 0.2) is 0 Å². The fourth-order valence-electron chi connectivity index (χ4n) is 2.98. The first kappa shape index (κ1) is 13.0. The number of aryl methyl sites for hydroxylation is 2. The van der Waals surface area contributed by atoms with E-state index in [9.17, 15) is 4.79 Å².